The van der Waals surface area contributed by atoms with Crippen LogP contribution in [0.1, 0.15) is 124 Å². The minimum atomic E-state index is -1.01. The molecule has 0 saturated heterocycles. The van der Waals surface area contributed by atoms with E-state index in [0.29, 0.717) is 19.3 Å². The molecule has 0 saturated carbocycles. The topological polar surface area (TPSA) is 138 Å². The fraction of sp³-hybridized carbons (Fsp3) is 0.889. The third-order valence-corrected chi connectivity index (χ3v) is 5.78. The highest BCUT2D eigenvalue weighted by molar-refractivity contribution is 5.70. The number of hydrogen-bond donors (Lipinski definition) is 2. The van der Waals surface area contributed by atoms with Crippen LogP contribution in [-0.4, -0.2) is 59.6 Å². The number of unbranched alkanes of at least 4 members (excludes halogenated alkanes) is 10. The van der Waals surface area contributed by atoms with E-state index in [-0.39, 0.29) is 25.7 Å². The number of carbonyl (C=O) groups is 3. The van der Waals surface area contributed by atoms with E-state index in [1.54, 1.807) is 0 Å². The van der Waals surface area contributed by atoms with E-state index in [2.05, 4.69) is 21.6 Å². The number of hydrogen-bond acceptors (Lipinski definition) is 10. The summed E-state index contributed by atoms with van der Waals surface area (Å²) in [6.45, 7) is 3.85. The average molecular weight is 535 g/mol. The molecule has 0 fully saturated rings. The monoisotopic (exact) mass is 534 g/mol. The van der Waals surface area contributed by atoms with Gasteiger partial charge in [-0.2, -0.15) is 9.78 Å². The number of carbonyl (C=O) groups excluding carboxylic acids is 3. The molecule has 0 aromatic heterocycles. The molecule has 10 nitrogen and oxygen atoms in total. The highest BCUT2D eigenvalue weighted by Gasteiger charge is 2.19. The molecule has 0 radical (unpaired) electrons. The van der Waals surface area contributed by atoms with Crippen molar-refractivity contribution in [2.45, 2.75) is 142 Å². The molecule has 37 heavy (non-hydrogen) atoms. The van der Waals surface area contributed by atoms with Gasteiger partial charge in [-0.3, -0.25) is 14.6 Å². The summed E-state index contributed by atoms with van der Waals surface area (Å²) < 4.78 is 5.03. The van der Waals surface area contributed by atoms with Crippen LogP contribution in [0, 0.1) is 0 Å². The summed E-state index contributed by atoms with van der Waals surface area (Å²) in [6.07, 6.45) is 13.7. The normalized spacial score (nSPS) is 13.5. The van der Waals surface area contributed by atoms with E-state index in [1.165, 1.54) is 51.4 Å². The number of ether oxygens (including phenoxy) is 1. The molecule has 0 aliphatic rings. The predicted molar refractivity (Wildman–Crippen MR) is 137 cm³/mol. The minimum Gasteiger partial charge on any atom is -0.463 e. The van der Waals surface area contributed by atoms with Crippen LogP contribution in [0.15, 0.2) is 0 Å². The SMILES string of the molecule is CCCCCCCCCCCCC(O)CCCCC(O)CC(=O)OCC(COOC(C)=O)OOC(C)=O. The van der Waals surface area contributed by atoms with Crippen molar-refractivity contribution >= 4 is 17.9 Å². The van der Waals surface area contributed by atoms with Gasteiger partial charge in [-0.05, 0) is 19.3 Å². The van der Waals surface area contributed by atoms with Crippen molar-refractivity contribution in [2.75, 3.05) is 13.2 Å². The quantitative estimate of drug-likeness (QED) is 0.0722. The second-order valence-corrected chi connectivity index (χ2v) is 9.60. The van der Waals surface area contributed by atoms with E-state index >= 15 is 0 Å². The van der Waals surface area contributed by atoms with Crippen molar-refractivity contribution in [2.24, 2.45) is 0 Å². The van der Waals surface area contributed by atoms with Crippen LogP contribution >= 0.6 is 0 Å². The zero-order chi connectivity index (χ0) is 27.7. The number of aliphatic hydroxyl groups is 2. The summed E-state index contributed by atoms with van der Waals surface area (Å²) >= 11 is 0. The Balaban J connectivity index is 3.83. The van der Waals surface area contributed by atoms with Crippen molar-refractivity contribution < 1.29 is 48.9 Å². The molecule has 0 aliphatic heterocycles. The van der Waals surface area contributed by atoms with Crippen LogP contribution in [-0.2, 0) is 38.7 Å². The van der Waals surface area contributed by atoms with Crippen LogP contribution < -0.4 is 0 Å². The predicted octanol–water partition coefficient (Wildman–Crippen LogP) is 4.87. The Labute approximate surface area is 222 Å². The zero-order valence-electron chi connectivity index (χ0n) is 23.1. The third kappa shape index (κ3) is 25.7. The fourth-order valence-corrected chi connectivity index (χ4v) is 3.74. The molecule has 0 aromatic rings. The Morgan fingerprint density at radius 1 is 0.649 bits per heavy atom. The van der Waals surface area contributed by atoms with Gasteiger partial charge in [0, 0.05) is 13.8 Å². The Morgan fingerprint density at radius 2 is 1.14 bits per heavy atom. The molecule has 0 aromatic carbocycles. The second kappa shape index (κ2) is 24.6. The molecule has 10 heteroatoms. The summed E-state index contributed by atoms with van der Waals surface area (Å²) in [4.78, 5) is 51.7. The van der Waals surface area contributed by atoms with Gasteiger partial charge in [0.2, 0.25) is 0 Å². The summed E-state index contributed by atoms with van der Waals surface area (Å²) in [6, 6.07) is 0. The zero-order valence-corrected chi connectivity index (χ0v) is 23.1. The first kappa shape index (κ1) is 35.2. The molecule has 218 valence electrons. The van der Waals surface area contributed by atoms with Gasteiger partial charge >= 0.3 is 17.9 Å². The van der Waals surface area contributed by atoms with Gasteiger partial charge in [0.25, 0.3) is 0 Å². The lowest BCUT2D eigenvalue weighted by atomic mass is 10.0. The molecular weight excluding hydrogens is 484 g/mol. The molecule has 3 unspecified atom stereocenters. The third-order valence-electron chi connectivity index (χ3n) is 5.78. The van der Waals surface area contributed by atoms with E-state index in [9.17, 15) is 24.6 Å². The van der Waals surface area contributed by atoms with Crippen LogP contribution in [0.3, 0.4) is 0 Å². The Hall–Kier alpha value is -1.75. The van der Waals surface area contributed by atoms with Gasteiger partial charge in [-0.25, -0.2) is 9.59 Å². The largest absolute Gasteiger partial charge is 0.463 e. The maximum atomic E-state index is 12.0. The summed E-state index contributed by atoms with van der Waals surface area (Å²) in [5, 5.41) is 20.2. The lowest BCUT2D eigenvalue weighted by Gasteiger charge is -2.16. The number of aliphatic hydroxyl groups excluding tert-OH is 2. The molecule has 0 rings (SSSR count). The molecule has 0 heterocycles. The first-order valence-corrected chi connectivity index (χ1v) is 13.9. The van der Waals surface area contributed by atoms with Gasteiger partial charge in [0.15, 0.2) is 6.10 Å². The summed E-state index contributed by atoms with van der Waals surface area (Å²) in [7, 11) is 0. The Kier molecular flexibility index (Phi) is 23.4. The van der Waals surface area contributed by atoms with Crippen LogP contribution in [0.25, 0.3) is 0 Å². The second-order valence-electron chi connectivity index (χ2n) is 9.60. The molecule has 3 atom stereocenters. The van der Waals surface area contributed by atoms with Crippen molar-refractivity contribution in [1.29, 1.82) is 0 Å². The maximum absolute atomic E-state index is 12.0. The first-order valence-electron chi connectivity index (χ1n) is 13.9. The highest BCUT2D eigenvalue weighted by atomic mass is 17.2. The molecule has 0 aliphatic carbocycles. The lowest BCUT2D eigenvalue weighted by molar-refractivity contribution is -0.339. The van der Waals surface area contributed by atoms with Crippen molar-refractivity contribution in [1.82, 2.24) is 0 Å². The average Bonchev–Trinajstić information content (AvgIpc) is 2.84. The van der Waals surface area contributed by atoms with E-state index in [0.717, 1.165) is 39.5 Å². The molecule has 0 amide bonds. The van der Waals surface area contributed by atoms with Gasteiger partial charge in [0.1, 0.15) is 13.2 Å². The van der Waals surface area contributed by atoms with Crippen LogP contribution in [0.2, 0.25) is 0 Å². The molecular formula is C27H50O10. The van der Waals surface area contributed by atoms with Crippen LogP contribution in [0.5, 0.6) is 0 Å². The first-order chi connectivity index (χ1) is 17.7. The van der Waals surface area contributed by atoms with E-state index < -0.39 is 30.1 Å². The van der Waals surface area contributed by atoms with Gasteiger partial charge in [-0.1, -0.05) is 84.0 Å². The van der Waals surface area contributed by atoms with Crippen molar-refractivity contribution in [3.63, 3.8) is 0 Å². The van der Waals surface area contributed by atoms with Gasteiger partial charge < -0.3 is 14.9 Å². The Bertz CT molecular complexity index is 584. The van der Waals surface area contributed by atoms with E-state index in [1.807, 2.05) is 0 Å². The smallest absolute Gasteiger partial charge is 0.339 e. The molecule has 2 N–H and O–H groups in total. The number of rotatable bonds is 25. The van der Waals surface area contributed by atoms with Crippen molar-refractivity contribution in [3.05, 3.63) is 0 Å². The summed E-state index contributed by atoms with van der Waals surface area (Å²) in [5.74, 6) is -2.05. The lowest BCUT2D eigenvalue weighted by Crippen LogP contribution is -2.29. The van der Waals surface area contributed by atoms with Gasteiger partial charge in [-0.15, -0.1) is 0 Å². The highest BCUT2D eigenvalue weighted by Crippen LogP contribution is 2.15. The number of esters is 1. The fourth-order valence-electron chi connectivity index (χ4n) is 3.74. The molecule has 0 bridgehead atoms. The summed E-state index contributed by atoms with van der Waals surface area (Å²) in [5.41, 5.74) is 0. The standard InChI is InChI=1S/C27H50O10/c1-4-5-6-7-8-9-10-11-12-13-16-24(30)17-14-15-18-25(31)19-27(32)33-20-26(37-36-23(3)29)21-34-35-22(2)28/h24-26,30-31H,4-21H2,1-3H3. The minimum absolute atomic E-state index is 0.202. The molecule has 0 spiro atoms. The van der Waals surface area contributed by atoms with Gasteiger partial charge in [0.05, 0.1) is 18.6 Å². The Morgan fingerprint density at radius 3 is 1.68 bits per heavy atom. The van der Waals surface area contributed by atoms with E-state index in [4.69, 9.17) is 9.62 Å². The van der Waals surface area contributed by atoms with Crippen molar-refractivity contribution in [3.8, 4) is 0 Å². The maximum Gasteiger partial charge on any atom is 0.339 e. The van der Waals surface area contributed by atoms with Crippen LogP contribution in [0.4, 0.5) is 0 Å².